The summed E-state index contributed by atoms with van der Waals surface area (Å²) >= 11 is 0.795. The lowest BCUT2D eigenvalue weighted by Gasteiger charge is -2.19. The van der Waals surface area contributed by atoms with Gasteiger partial charge < -0.3 is 20.7 Å². The van der Waals surface area contributed by atoms with Crippen LogP contribution in [0.25, 0.3) is 0 Å². The first kappa shape index (κ1) is 17.6. The maximum Gasteiger partial charge on any atom is 0.573 e. The summed E-state index contributed by atoms with van der Waals surface area (Å²) in [5.74, 6) is -0.749. The first-order valence-corrected chi connectivity index (χ1v) is 6.73. The van der Waals surface area contributed by atoms with Gasteiger partial charge in [-0.05, 0) is 17.7 Å². The third-order valence-corrected chi connectivity index (χ3v) is 3.34. The number of ether oxygens (including phenoxy) is 1. The standard InChI is InChI=1S/C12H14F3NO4S/c1-6(17)21-5-9(18)11(19)7-2-3-8(16)10(4-7)20-12(13,14)15/h2-4,9,11,18-19H,5,16H2,1H3. The maximum atomic E-state index is 12.2. The minimum Gasteiger partial charge on any atom is -0.404 e. The molecule has 0 aliphatic heterocycles. The molecule has 0 aliphatic rings. The number of aliphatic hydroxyl groups is 2. The maximum absolute atomic E-state index is 12.2. The van der Waals surface area contributed by atoms with E-state index in [0.29, 0.717) is 0 Å². The Kier molecular flexibility index (Phi) is 5.87. The van der Waals surface area contributed by atoms with E-state index in [1.54, 1.807) is 0 Å². The van der Waals surface area contributed by atoms with Crippen LogP contribution in [-0.2, 0) is 4.79 Å². The second-order valence-electron chi connectivity index (χ2n) is 4.16. The molecule has 1 aromatic rings. The van der Waals surface area contributed by atoms with E-state index in [1.165, 1.54) is 13.0 Å². The number of thioether (sulfide) groups is 1. The quantitative estimate of drug-likeness (QED) is 0.716. The second kappa shape index (κ2) is 7.01. The summed E-state index contributed by atoms with van der Waals surface area (Å²) in [6.45, 7) is 1.29. The second-order valence-corrected chi connectivity index (χ2v) is 5.36. The molecule has 9 heteroatoms. The summed E-state index contributed by atoms with van der Waals surface area (Å²) in [6.07, 6.45) is -7.70. The van der Waals surface area contributed by atoms with Gasteiger partial charge in [-0.3, -0.25) is 4.79 Å². The van der Waals surface area contributed by atoms with Crippen LogP contribution in [0.3, 0.4) is 0 Å². The summed E-state index contributed by atoms with van der Waals surface area (Å²) < 4.78 is 40.3. The lowest BCUT2D eigenvalue weighted by molar-refractivity contribution is -0.274. The number of halogens is 3. The fourth-order valence-corrected chi connectivity index (χ4v) is 2.05. The topological polar surface area (TPSA) is 92.8 Å². The van der Waals surface area contributed by atoms with Crippen molar-refractivity contribution in [2.75, 3.05) is 11.5 Å². The predicted molar refractivity (Wildman–Crippen MR) is 71.6 cm³/mol. The van der Waals surface area contributed by atoms with Crippen molar-refractivity contribution >= 4 is 22.6 Å². The number of rotatable bonds is 5. The highest BCUT2D eigenvalue weighted by atomic mass is 32.2. The summed E-state index contributed by atoms with van der Waals surface area (Å²) in [5, 5.41) is 19.3. The van der Waals surface area contributed by atoms with Gasteiger partial charge in [0.1, 0.15) is 6.10 Å². The van der Waals surface area contributed by atoms with Gasteiger partial charge in [0.05, 0.1) is 11.8 Å². The smallest absolute Gasteiger partial charge is 0.404 e. The van der Waals surface area contributed by atoms with Crippen molar-refractivity contribution < 1.29 is 32.9 Å². The van der Waals surface area contributed by atoms with E-state index >= 15 is 0 Å². The SMILES string of the molecule is CC(=O)SCC(O)C(O)c1ccc(N)c(OC(F)(F)F)c1. The average Bonchev–Trinajstić information content (AvgIpc) is 2.36. The van der Waals surface area contributed by atoms with Crippen molar-refractivity contribution in [2.24, 2.45) is 0 Å². The van der Waals surface area contributed by atoms with Crippen molar-refractivity contribution in [3.63, 3.8) is 0 Å². The molecular formula is C12H14F3NO4S. The zero-order chi connectivity index (χ0) is 16.2. The van der Waals surface area contributed by atoms with Crippen molar-refractivity contribution in [3.8, 4) is 5.75 Å². The van der Waals surface area contributed by atoms with E-state index in [1.807, 2.05) is 0 Å². The molecule has 118 valence electrons. The zero-order valence-electron chi connectivity index (χ0n) is 10.9. The van der Waals surface area contributed by atoms with E-state index in [4.69, 9.17) is 5.73 Å². The molecule has 0 aliphatic carbocycles. The largest absolute Gasteiger partial charge is 0.573 e. The molecule has 0 fully saturated rings. The number of benzene rings is 1. The van der Waals surface area contributed by atoms with Gasteiger partial charge in [-0.15, -0.1) is 13.2 Å². The van der Waals surface area contributed by atoms with Crippen molar-refractivity contribution in [2.45, 2.75) is 25.5 Å². The van der Waals surface area contributed by atoms with Crippen LogP contribution in [-0.4, -0.2) is 33.5 Å². The molecule has 0 bridgehead atoms. The van der Waals surface area contributed by atoms with Crippen LogP contribution in [0.15, 0.2) is 18.2 Å². The van der Waals surface area contributed by atoms with Gasteiger partial charge in [-0.2, -0.15) is 0 Å². The van der Waals surface area contributed by atoms with Crippen LogP contribution in [0.4, 0.5) is 18.9 Å². The van der Waals surface area contributed by atoms with E-state index in [9.17, 15) is 28.2 Å². The summed E-state index contributed by atoms with van der Waals surface area (Å²) in [5.41, 5.74) is 5.10. The number of aliphatic hydroxyl groups excluding tert-OH is 2. The van der Waals surface area contributed by atoms with E-state index in [-0.39, 0.29) is 22.1 Å². The minimum atomic E-state index is -4.92. The molecule has 1 aromatic carbocycles. The molecule has 0 saturated carbocycles. The third kappa shape index (κ3) is 5.82. The Morgan fingerprint density at radius 1 is 1.43 bits per heavy atom. The van der Waals surface area contributed by atoms with Gasteiger partial charge in [0.25, 0.3) is 0 Å². The lowest BCUT2D eigenvalue weighted by Crippen LogP contribution is -2.22. The molecule has 0 spiro atoms. The Labute approximate surface area is 122 Å². The number of alkyl halides is 3. The van der Waals surface area contributed by atoms with Crippen molar-refractivity contribution in [1.29, 1.82) is 0 Å². The van der Waals surface area contributed by atoms with Crippen LogP contribution in [0.5, 0.6) is 5.75 Å². The molecule has 2 unspecified atom stereocenters. The van der Waals surface area contributed by atoms with Gasteiger partial charge in [-0.1, -0.05) is 17.8 Å². The monoisotopic (exact) mass is 325 g/mol. The van der Waals surface area contributed by atoms with Gasteiger partial charge in [-0.25, -0.2) is 0 Å². The summed E-state index contributed by atoms with van der Waals surface area (Å²) in [7, 11) is 0. The van der Waals surface area contributed by atoms with Gasteiger partial charge in [0.2, 0.25) is 0 Å². The van der Waals surface area contributed by atoms with Crippen LogP contribution < -0.4 is 10.5 Å². The highest BCUT2D eigenvalue weighted by Crippen LogP contribution is 2.32. The third-order valence-electron chi connectivity index (χ3n) is 2.43. The number of hydrogen-bond donors (Lipinski definition) is 3. The molecule has 5 nitrogen and oxygen atoms in total. The molecule has 0 saturated heterocycles. The normalized spacial score (nSPS) is 14.6. The van der Waals surface area contributed by atoms with Crippen LogP contribution in [0.2, 0.25) is 0 Å². The van der Waals surface area contributed by atoms with E-state index in [2.05, 4.69) is 4.74 Å². The van der Waals surface area contributed by atoms with Gasteiger partial charge in [0, 0.05) is 12.7 Å². The fourth-order valence-electron chi connectivity index (χ4n) is 1.46. The molecule has 0 heterocycles. The number of anilines is 1. The lowest BCUT2D eigenvalue weighted by atomic mass is 10.0. The van der Waals surface area contributed by atoms with Crippen molar-refractivity contribution in [3.05, 3.63) is 23.8 Å². The predicted octanol–water partition coefficient (Wildman–Crippen LogP) is 1.84. The zero-order valence-corrected chi connectivity index (χ0v) is 11.7. The van der Waals surface area contributed by atoms with Crippen LogP contribution in [0, 0.1) is 0 Å². The highest BCUT2D eigenvalue weighted by molar-refractivity contribution is 8.13. The Bertz CT molecular complexity index is 510. The van der Waals surface area contributed by atoms with Gasteiger partial charge in [0.15, 0.2) is 10.9 Å². The molecule has 0 aromatic heterocycles. The number of hydrogen-bond acceptors (Lipinski definition) is 6. The molecule has 1 rings (SSSR count). The number of nitrogens with two attached hydrogens (primary N) is 1. The molecule has 2 atom stereocenters. The van der Waals surface area contributed by atoms with Crippen molar-refractivity contribution in [1.82, 2.24) is 0 Å². The fraction of sp³-hybridized carbons (Fsp3) is 0.417. The summed E-state index contributed by atoms with van der Waals surface area (Å²) in [6, 6.07) is 3.30. The van der Waals surface area contributed by atoms with Gasteiger partial charge >= 0.3 is 6.36 Å². The molecule has 21 heavy (non-hydrogen) atoms. The highest BCUT2D eigenvalue weighted by Gasteiger charge is 2.32. The van der Waals surface area contributed by atoms with Crippen LogP contribution >= 0.6 is 11.8 Å². The Morgan fingerprint density at radius 2 is 2.05 bits per heavy atom. The summed E-state index contributed by atoms with van der Waals surface area (Å²) in [4.78, 5) is 10.8. The number of carbonyl (C=O) groups is 1. The van der Waals surface area contributed by atoms with Crippen LogP contribution in [0.1, 0.15) is 18.6 Å². The average molecular weight is 325 g/mol. The Balaban J connectivity index is 2.87. The molecular weight excluding hydrogens is 311 g/mol. The Morgan fingerprint density at radius 3 is 2.57 bits per heavy atom. The molecule has 0 radical (unpaired) electrons. The molecule has 4 N–H and O–H groups in total. The number of carbonyl (C=O) groups excluding carboxylic acids is 1. The van der Waals surface area contributed by atoms with E-state index in [0.717, 1.165) is 23.9 Å². The minimum absolute atomic E-state index is 0.0000945. The first-order chi connectivity index (χ1) is 9.60. The first-order valence-electron chi connectivity index (χ1n) is 5.75. The Hall–Kier alpha value is -1.45. The number of nitrogen functional groups attached to an aromatic ring is 1. The molecule has 0 amide bonds. The van der Waals surface area contributed by atoms with E-state index < -0.39 is 24.3 Å².